The second-order valence-corrected chi connectivity index (χ2v) is 6.66. The molecule has 2 heterocycles. The fourth-order valence-corrected chi connectivity index (χ4v) is 3.63. The van der Waals surface area contributed by atoms with E-state index in [1.807, 2.05) is 24.3 Å². The molecule has 2 N–H and O–H groups in total. The molecule has 1 atom stereocenters. The third kappa shape index (κ3) is 2.38. The number of anilines is 1. The monoisotopic (exact) mass is 327 g/mol. The maximum Gasteiger partial charge on any atom is 0.170 e. The smallest absolute Gasteiger partial charge is 0.170 e. The number of benzene rings is 2. The van der Waals surface area contributed by atoms with E-state index in [9.17, 15) is 4.79 Å². The van der Waals surface area contributed by atoms with E-state index in [1.54, 1.807) is 0 Å². The van der Waals surface area contributed by atoms with Crippen molar-refractivity contribution in [2.24, 2.45) is 0 Å². The molecule has 122 valence electrons. The zero-order valence-corrected chi connectivity index (χ0v) is 13.6. The van der Waals surface area contributed by atoms with E-state index in [-0.39, 0.29) is 11.8 Å². The topological polar surface area (TPSA) is 57.8 Å². The number of aromatic nitrogens is 2. The summed E-state index contributed by atoms with van der Waals surface area (Å²) in [7, 11) is 0. The minimum atomic E-state index is 0.0724. The van der Waals surface area contributed by atoms with Gasteiger partial charge < -0.3 is 5.32 Å². The van der Waals surface area contributed by atoms with E-state index in [1.165, 1.54) is 16.3 Å². The number of nitrogens with zero attached hydrogens (tertiary/aromatic N) is 1. The lowest BCUT2D eigenvalue weighted by Gasteiger charge is -2.24. The number of H-pyrrole nitrogens is 1. The van der Waals surface area contributed by atoms with Gasteiger partial charge in [0, 0.05) is 18.0 Å². The molecule has 1 unspecified atom stereocenters. The van der Waals surface area contributed by atoms with Gasteiger partial charge in [-0.05, 0) is 22.8 Å². The van der Waals surface area contributed by atoms with Gasteiger partial charge in [-0.3, -0.25) is 9.89 Å². The van der Waals surface area contributed by atoms with Crippen LogP contribution in [0, 0.1) is 0 Å². The molecule has 0 saturated carbocycles. The molecule has 0 amide bonds. The minimum Gasteiger partial charge on any atom is -0.364 e. The van der Waals surface area contributed by atoms with Crippen LogP contribution in [0.1, 0.15) is 28.0 Å². The number of carbonyl (C=O) groups is 1. The largest absolute Gasteiger partial charge is 0.364 e. The van der Waals surface area contributed by atoms with Crippen molar-refractivity contribution in [1.82, 2.24) is 10.2 Å². The van der Waals surface area contributed by atoms with Crippen molar-refractivity contribution in [1.29, 1.82) is 0 Å². The number of ketones is 1. The molecule has 5 rings (SSSR count). The quantitative estimate of drug-likeness (QED) is 0.760. The van der Waals surface area contributed by atoms with E-state index in [4.69, 9.17) is 0 Å². The second-order valence-electron chi connectivity index (χ2n) is 6.66. The second kappa shape index (κ2) is 5.45. The van der Waals surface area contributed by atoms with Crippen LogP contribution in [0.5, 0.6) is 0 Å². The number of hydrogen-bond acceptors (Lipinski definition) is 3. The standard InChI is InChI=1S/C21H17N3O/c25-18-12-17(11-13-8-9-14-4-1-2-5-16(14)10-13)22-21-19(18)20(23-24-21)15-6-3-7-15/h1-10,17H,11-12H2,(H2,22,23,24). The molecule has 1 aromatic heterocycles. The molecule has 0 fully saturated rings. The highest BCUT2D eigenvalue weighted by Crippen LogP contribution is 2.33. The minimum absolute atomic E-state index is 0.0724. The summed E-state index contributed by atoms with van der Waals surface area (Å²) in [5.41, 5.74) is 3.80. The fraction of sp³-hybridized carbons (Fsp3) is 0.143. The average Bonchev–Trinajstić information content (AvgIpc) is 2.97. The van der Waals surface area contributed by atoms with Crippen molar-refractivity contribution in [3.05, 3.63) is 77.5 Å². The van der Waals surface area contributed by atoms with Gasteiger partial charge in [0.05, 0.1) is 11.3 Å². The Morgan fingerprint density at radius 2 is 1.96 bits per heavy atom. The summed E-state index contributed by atoms with van der Waals surface area (Å²) in [4.78, 5) is 12.7. The summed E-state index contributed by atoms with van der Waals surface area (Å²) in [6.07, 6.45) is 7.24. The first kappa shape index (κ1) is 14.2. The zero-order valence-electron chi connectivity index (χ0n) is 13.6. The van der Waals surface area contributed by atoms with Crippen molar-refractivity contribution in [3.63, 3.8) is 0 Å². The Kier molecular flexibility index (Phi) is 3.10. The predicted molar refractivity (Wildman–Crippen MR) is 99.7 cm³/mol. The summed E-state index contributed by atoms with van der Waals surface area (Å²) in [6, 6.07) is 14.9. The molecule has 1 aliphatic heterocycles. The van der Waals surface area contributed by atoms with Crippen LogP contribution in [0.3, 0.4) is 0 Å². The van der Waals surface area contributed by atoms with Crippen molar-refractivity contribution in [2.75, 3.05) is 5.32 Å². The molecular weight excluding hydrogens is 310 g/mol. The number of nitrogens with one attached hydrogen (secondary N) is 2. The predicted octanol–water partition coefficient (Wildman–Crippen LogP) is 4.13. The number of hydrogen-bond donors (Lipinski definition) is 2. The Bertz CT molecular complexity index is 1060. The number of aromatic amines is 1. The van der Waals surface area contributed by atoms with Gasteiger partial charge in [0.25, 0.3) is 0 Å². The molecule has 25 heavy (non-hydrogen) atoms. The van der Waals surface area contributed by atoms with Gasteiger partial charge in [-0.1, -0.05) is 60.7 Å². The molecule has 2 aromatic carbocycles. The van der Waals surface area contributed by atoms with Gasteiger partial charge in [0.15, 0.2) is 11.6 Å². The maximum atomic E-state index is 12.7. The third-order valence-electron chi connectivity index (χ3n) is 4.95. The molecule has 1 aliphatic carbocycles. The van der Waals surface area contributed by atoms with Gasteiger partial charge in [-0.2, -0.15) is 5.10 Å². The van der Waals surface area contributed by atoms with E-state index in [0.717, 1.165) is 17.7 Å². The van der Waals surface area contributed by atoms with Crippen molar-refractivity contribution in [3.8, 4) is 0 Å². The maximum absolute atomic E-state index is 12.7. The van der Waals surface area contributed by atoms with E-state index in [2.05, 4.69) is 51.9 Å². The number of Topliss-reactive ketones (excluding diaryl/α,β-unsaturated/α-hetero) is 1. The van der Waals surface area contributed by atoms with Crippen LogP contribution in [0.15, 0.2) is 60.7 Å². The Morgan fingerprint density at radius 1 is 1.12 bits per heavy atom. The van der Waals surface area contributed by atoms with Crippen molar-refractivity contribution >= 4 is 27.9 Å². The van der Waals surface area contributed by atoms with Crippen molar-refractivity contribution < 1.29 is 4.79 Å². The molecule has 0 bridgehead atoms. The van der Waals surface area contributed by atoms with Crippen LogP contribution in [0.2, 0.25) is 0 Å². The van der Waals surface area contributed by atoms with Crippen LogP contribution >= 0.6 is 0 Å². The fourth-order valence-electron chi connectivity index (χ4n) is 3.63. The van der Waals surface area contributed by atoms with Crippen molar-refractivity contribution in [2.45, 2.75) is 18.9 Å². The van der Waals surface area contributed by atoms with Gasteiger partial charge in [-0.25, -0.2) is 0 Å². The lowest BCUT2D eigenvalue weighted by molar-refractivity contribution is 0.0972. The molecule has 4 nitrogen and oxygen atoms in total. The molecule has 0 saturated heterocycles. The molecule has 4 heteroatoms. The molecule has 0 spiro atoms. The SMILES string of the molecule is O=C1CC(Cc2ccc3ccccc3c2)Nc2n[nH]c(C3=CC=C3)c21. The van der Waals surface area contributed by atoms with E-state index in [0.29, 0.717) is 17.8 Å². The molecule has 0 radical (unpaired) electrons. The Labute approximate surface area is 145 Å². The Hall–Kier alpha value is -3.14. The average molecular weight is 327 g/mol. The summed E-state index contributed by atoms with van der Waals surface area (Å²) < 4.78 is 0. The third-order valence-corrected chi connectivity index (χ3v) is 4.95. The summed E-state index contributed by atoms with van der Waals surface area (Å²) in [5, 5.41) is 13.2. The number of allylic oxidation sites excluding steroid dienone is 4. The van der Waals surface area contributed by atoms with Crippen LogP contribution in [0.4, 0.5) is 5.82 Å². The van der Waals surface area contributed by atoms with Gasteiger partial charge in [-0.15, -0.1) is 0 Å². The first-order valence-electron chi connectivity index (χ1n) is 8.52. The van der Waals surface area contributed by atoms with E-state index < -0.39 is 0 Å². The summed E-state index contributed by atoms with van der Waals surface area (Å²) >= 11 is 0. The first-order chi connectivity index (χ1) is 12.3. The van der Waals surface area contributed by atoms with Crippen LogP contribution in [-0.2, 0) is 6.42 Å². The highest BCUT2D eigenvalue weighted by atomic mass is 16.1. The number of carbonyl (C=O) groups excluding carboxylic acids is 1. The normalized spacial score (nSPS) is 18.5. The molecular formula is C21H17N3O. The van der Waals surface area contributed by atoms with Crippen LogP contribution < -0.4 is 5.32 Å². The van der Waals surface area contributed by atoms with Gasteiger partial charge in [0.2, 0.25) is 0 Å². The summed E-state index contributed by atoms with van der Waals surface area (Å²) in [6.45, 7) is 0. The summed E-state index contributed by atoms with van der Waals surface area (Å²) in [5.74, 6) is 0.836. The van der Waals surface area contributed by atoms with Crippen LogP contribution in [-0.4, -0.2) is 22.0 Å². The Morgan fingerprint density at radius 3 is 2.76 bits per heavy atom. The lowest BCUT2D eigenvalue weighted by Crippen LogP contribution is -2.31. The zero-order chi connectivity index (χ0) is 16.8. The highest BCUT2D eigenvalue weighted by molar-refractivity contribution is 6.07. The highest BCUT2D eigenvalue weighted by Gasteiger charge is 2.30. The van der Waals surface area contributed by atoms with Gasteiger partial charge >= 0.3 is 0 Å². The number of fused-ring (bicyclic) bond motifs is 2. The first-order valence-corrected chi connectivity index (χ1v) is 8.52. The van der Waals surface area contributed by atoms with E-state index >= 15 is 0 Å². The Balaban J connectivity index is 1.40. The van der Waals surface area contributed by atoms with Gasteiger partial charge in [0.1, 0.15) is 0 Å². The number of rotatable bonds is 3. The molecule has 2 aliphatic rings. The lowest BCUT2D eigenvalue weighted by atomic mass is 9.91. The van der Waals surface area contributed by atoms with Crippen LogP contribution in [0.25, 0.3) is 16.3 Å². The molecule has 3 aromatic rings.